The number of aryl methyl sites for hydroxylation is 2. The molecule has 1 N–H and O–H groups in total. The van der Waals surface area contributed by atoms with Gasteiger partial charge in [0.25, 0.3) is 0 Å². The maximum Gasteiger partial charge on any atom is 0.131 e. The van der Waals surface area contributed by atoms with Gasteiger partial charge in [-0.3, -0.25) is 4.68 Å². The van der Waals surface area contributed by atoms with E-state index in [0.717, 1.165) is 57.3 Å². The third-order valence-electron chi connectivity index (χ3n) is 5.11. The number of para-hydroxylation sites is 1. The van der Waals surface area contributed by atoms with Crippen LogP contribution in [-0.4, -0.2) is 42.7 Å². The van der Waals surface area contributed by atoms with E-state index < -0.39 is 0 Å². The number of fused-ring (bicyclic) bond motifs is 1. The van der Waals surface area contributed by atoms with Crippen molar-refractivity contribution in [3.8, 4) is 5.75 Å². The number of ether oxygens (including phenoxy) is 2. The van der Waals surface area contributed by atoms with Crippen molar-refractivity contribution in [2.24, 2.45) is 7.05 Å². The van der Waals surface area contributed by atoms with Crippen LogP contribution in [0.1, 0.15) is 29.3 Å². The van der Waals surface area contributed by atoms with E-state index in [4.69, 9.17) is 9.47 Å². The lowest BCUT2D eigenvalue weighted by Crippen LogP contribution is -2.38. The number of hydrogen-bond donors (Lipinski definition) is 1. The van der Waals surface area contributed by atoms with Crippen LogP contribution in [0.4, 0.5) is 5.82 Å². The van der Waals surface area contributed by atoms with Crippen LogP contribution >= 0.6 is 0 Å². The van der Waals surface area contributed by atoms with Crippen LogP contribution in [0.3, 0.4) is 0 Å². The minimum atomic E-state index is 0.321. The maximum atomic E-state index is 5.77. The van der Waals surface area contributed by atoms with Gasteiger partial charge in [0, 0.05) is 50.3 Å². The number of nitrogens with zero attached hydrogens (tertiary/aromatic N) is 3. The zero-order valence-electron chi connectivity index (χ0n) is 15.0. The van der Waals surface area contributed by atoms with Gasteiger partial charge in [0.1, 0.15) is 11.6 Å². The lowest BCUT2D eigenvalue weighted by molar-refractivity contribution is 0.122. The average molecular weight is 342 g/mol. The fourth-order valence-electron chi connectivity index (χ4n) is 3.85. The van der Waals surface area contributed by atoms with Crippen LogP contribution in [0, 0.1) is 6.92 Å². The van der Waals surface area contributed by atoms with Gasteiger partial charge >= 0.3 is 0 Å². The van der Waals surface area contributed by atoms with E-state index in [1.165, 1.54) is 16.9 Å². The Labute approximate surface area is 148 Å². The first kappa shape index (κ1) is 16.4. The Kier molecular flexibility index (Phi) is 4.63. The van der Waals surface area contributed by atoms with Crippen molar-refractivity contribution in [2.45, 2.75) is 25.9 Å². The van der Waals surface area contributed by atoms with E-state index in [9.17, 15) is 0 Å². The summed E-state index contributed by atoms with van der Waals surface area (Å²) in [6.07, 6.45) is 0.989. The number of benzene rings is 1. The Morgan fingerprint density at radius 2 is 2.00 bits per heavy atom. The summed E-state index contributed by atoms with van der Waals surface area (Å²) in [5, 5.41) is 8.40. The summed E-state index contributed by atoms with van der Waals surface area (Å²) < 4.78 is 13.3. The minimum Gasteiger partial charge on any atom is -0.493 e. The van der Waals surface area contributed by atoms with E-state index in [1.807, 2.05) is 17.8 Å². The molecular formula is C19H26N4O2. The van der Waals surface area contributed by atoms with Crippen molar-refractivity contribution >= 4 is 5.82 Å². The van der Waals surface area contributed by atoms with Crippen LogP contribution < -0.4 is 15.0 Å². The second-order valence-electron chi connectivity index (χ2n) is 6.72. The van der Waals surface area contributed by atoms with Gasteiger partial charge in [0.15, 0.2) is 0 Å². The predicted molar refractivity (Wildman–Crippen MR) is 97.1 cm³/mol. The molecule has 0 aliphatic carbocycles. The summed E-state index contributed by atoms with van der Waals surface area (Å²) in [5.74, 6) is 2.22. The molecule has 0 saturated carbocycles. The number of hydrogen-bond acceptors (Lipinski definition) is 5. The topological polar surface area (TPSA) is 51.5 Å². The summed E-state index contributed by atoms with van der Waals surface area (Å²) in [6, 6.07) is 8.64. The second-order valence-corrected chi connectivity index (χ2v) is 6.72. The number of morpholine rings is 1. The molecule has 3 heterocycles. The molecule has 0 spiro atoms. The molecule has 6 heteroatoms. The molecule has 1 saturated heterocycles. The highest BCUT2D eigenvalue weighted by Crippen LogP contribution is 2.32. The molecule has 134 valence electrons. The Morgan fingerprint density at radius 3 is 2.84 bits per heavy atom. The zero-order valence-corrected chi connectivity index (χ0v) is 15.0. The molecule has 1 atom stereocenters. The molecule has 6 nitrogen and oxygen atoms in total. The highest BCUT2D eigenvalue weighted by atomic mass is 16.5. The SMILES string of the molecule is Cc1nn(C)c(N2CCOCC2)c1CN[C@H]1CCOc2ccccc21. The van der Waals surface area contributed by atoms with Gasteiger partial charge < -0.3 is 19.7 Å². The minimum absolute atomic E-state index is 0.321. The Hall–Kier alpha value is -2.05. The van der Waals surface area contributed by atoms with Crippen molar-refractivity contribution in [3.05, 3.63) is 41.1 Å². The molecule has 1 aromatic carbocycles. The molecule has 0 unspecified atom stereocenters. The van der Waals surface area contributed by atoms with Crippen molar-refractivity contribution in [3.63, 3.8) is 0 Å². The molecule has 4 rings (SSSR count). The lowest BCUT2D eigenvalue weighted by atomic mass is 10.0. The number of anilines is 1. The number of rotatable bonds is 4. The average Bonchev–Trinajstić information content (AvgIpc) is 2.94. The first-order valence-electron chi connectivity index (χ1n) is 9.04. The van der Waals surface area contributed by atoms with Crippen molar-refractivity contribution < 1.29 is 9.47 Å². The molecular weight excluding hydrogens is 316 g/mol. The second kappa shape index (κ2) is 7.06. The monoisotopic (exact) mass is 342 g/mol. The zero-order chi connectivity index (χ0) is 17.2. The smallest absolute Gasteiger partial charge is 0.131 e. The summed E-state index contributed by atoms with van der Waals surface area (Å²) in [5.41, 5.74) is 3.63. The van der Waals surface area contributed by atoms with Gasteiger partial charge in [0.2, 0.25) is 0 Å². The van der Waals surface area contributed by atoms with Crippen LogP contribution in [-0.2, 0) is 18.3 Å². The molecule has 2 aliphatic heterocycles. The summed E-state index contributed by atoms with van der Waals surface area (Å²) in [4.78, 5) is 2.39. The fourth-order valence-corrected chi connectivity index (χ4v) is 3.85. The standard InChI is InChI=1S/C19H26N4O2/c1-14-16(19(22(2)21-14)23-8-11-24-12-9-23)13-20-17-7-10-25-18-6-4-3-5-15(17)18/h3-6,17,20H,7-13H2,1-2H3/t17-/m0/s1. The third kappa shape index (κ3) is 3.24. The first-order chi connectivity index (χ1) is 12.2. The Morgan fingerprint density at radius 1 is 1.20 bits per heavy atom. The molecule has 0 radical (unpaired) electrons. The van der Waals surface area contributed by atoms with Crippen LogP contribution in [0.25, 0.3) is 0 Å². The quantitative estimate of drug-likeness (QED) is 0.923. The van der Waals surface area contributed by atoms with Gasteiger partial charge in [-0.2, -0.15) is 5.10 Å². The van der Waals surface area contributed by atoms with E-state index in [2.05, 4.69) is 40.4 Å². The molecule has 2 aliphatic rings. The van der Waals surface area contributed by atoms with Gasteiger partial charge in [0.05, 0.1) is 25.5 Å². The summed E-state index contributed by atoms with van der Waals surface area (Å²) in [6.45, 7) is 7.08. The van der Waals surface area contributed by atoms with Crippen molar-refractivity contribution in [1.82, 2.24) is 15.1 Å². The molecule has 1 fully saturated rings. The third-order valence-corrected chi connectivity index (χ3v) is 5.11. The van der Waals surface area contributed by atoms with Gasteiger partial charge in [-0.05, 0) is 13.0 Å². The van der Waals surface area contributed by atoms with E-state index in [0.29, 0.717) is 6.04 Å². The van der Waals surface area contributed by atoms with Gasteiger partial charge in [-0.15, -0.1) is 0 Å². The van der Waals surface area contributed by atoms with Crippen molar-refractivity contribution in [2.75, 3.05) is 37.8 Å². The number of nitrogens with one attached hydrogen (secondary N) is 1. The number of aromatic nitrogens is 2. The van der Waals surface area contributed by atoms with Crippen LogP contribution in [0.5, 0.6) is 5.75 Å². The summed E-state index contributed by atoms with van der Waals surface area (Å²) >= 11 is 0. The summed E-state index contributed by atoms with van der Waals surface area (Å²) in [7, 11) is 2.03. The van der Waals surface area contributed by atoms with E-state index in [-0.39, 0.29) is 0 Å². The van der Waals surface area contributed by atoms with Crippen molar-refractivity contribution in [1.29, 1.82) is 0 Å². The first-order valence-corrected chi connectivity index (χ1v) is 9.04. The maximum absolute atomic E-state index is 5.77. The molecule has 0 amide bonds. The van der Waals surface area contributed by atoms with Crippen LogP contribution in [0.2, 0.25) is 0 Å². The van der Waals surface area contributed by atoms with Gasteiger partial charge in [-0.25, -0.2) is 0 Å². The van der Waals surface area contributed by atoms with Gasteiger partial charge in [-0.1, -0.05) is 18.2 Å². The van der Waals surface area contributed by atoms with Crippen LogP contribution in [0.15, 0.2) is 24.3 Å². The van der Waals surface area contributed by atoms with E-state index in [1.54, 1.807) is 0 Å². The molecule has 25 heavy (non-hydrogen) atoms. The van der Waals surface area contributed by atoms with E-state index >= 15 is 0 Å². The highest BCUT2D eigenvalue weighted by Gasteiger charge is 2.24. The lowest BCUT2D eigenvalue weighted by Gasteiger charge is -2.30. The Bertz CT molecular complexity index is 737. The normalized spacial score (nSPS) is 20.2. The largest absolute Gasteiger partial charge is 0.493 e. The molecule has 2 aromatic rings. The predicted octanol–water partition coefficient (Wildman–Crippen LogP) is 2.18. The highest BCUT2D eigenvalue weighted by molar-refractivity contribution is 5.50. The Balaban J connectivity index is 1.54. The molecule has 1 aromatic heterocycles. The fraction of sp³-hybridized carbons (Fsp3) is 0.526. The molecule has 0 bridgehead atoms.